The molecular formula is C10H14Cl2O. The van der Waals surface area contributed by atoms with E-state index in [2.05, 4.69) is 0 Å². The summed E-state index contributed by atoms with van der Waals surface area (Å²) in [6.45, 7) is 0. The second-order valence-electron chi connectivity index (χ2n) is 4.25. The van der Waals surface area contributed by atoms with Crippen molar-refractivity contribution in [3.63, 3.8) is 0 Å². The summed E-state index contributed by atoms with van der Waals surface area (Å²) >= 11 is 11.9. The van der Waals surface area contributed by atoms with E-state index < -0.39 is 4.33 Å². The third-order valence-corrected chi connectivity index (χ3v) is 4.44. The predicted octanol–water partition coefficient (Wildman–Crippen LogP) is 3.33. The number of rotatable bonds is 1. The van der Waals surface area contributed by atoms with E-state index in [1.54, 1.807) is 0 Å². The Kier molecular flexibility index (Phi) is 2.59. The largest absolute Gasteiger partial charge is 0.296 e. The highest BCUT2D eigenvalue weighted by molar-refractivity contribution is 6.60. The van der Waals surface area contributed by atoms with Crippen LogP contribution in [0.1, 0.15) is 38.5 Å². The van der Waals surface area contributed by atoms with Gasteiger partial charge in [0.1, 0.15) is 0 Å². The van der Waals surface area contributed by atoms with E-state index in [0.717, 1.165) is 0 Å². The van der Waals surface area contributed by atoms with Gasteiger partial charge in [0.05, 0.1) is 0 Å². The molecule has 3 heteroatoms. The number of Topliss-reactive ketones (excluding diaryl/α,β-unsaturated/α-hetero) is 1. The van der Waals surface area contributed by atoms with Crippen LogP contribution in [0.15, 0.2) is 0 Å². The number of ketones is 1. The monoisotopic (exact) mass is 220 g/mol. The lowest BCUT2D eigenvalue weighted by atomic mass is 9.68. The van der Waals surface area contributed by atoms with E-state index in [1.807, 2.05) is 0 Å². The Balaban J connectivity index is 1.98. The van der Waals surface area contributed by atoms with E-state index in [1.165, 1.54) is 32.1 Å². The molecule has 2 saturated carbocycles. The summed E-state index contributed by atoms with van der Waals surface area (Å²) in [5, 5.41) is 0. The number of carbonyl (C=O) groups excluding carboxylic acids is 1. The van der Waals surface area contributed by atoms with Crippen LogP contribution in [0.5, 0.6) is 0 Å². The lowest BCUT2D eigenvalue weighted by molar-refractivity contribution is -0.130. The number of carbonyl (C=O) groups is 1. The summed E-state index contributed by atoms with van der Waals surface area (Å²) < 4.78 is -1.04. The zero-order valence-corrected chi connectivity index (χ0v) is 9.07. The highest BCUT2D eigenvalue weighted by atomic mass is 35.5. The van der Waals surface area contributed by atoms with Crippen LogP contribution in [0.3, 0.4) is 0 Å². The Hall–Kier alpha value is 0.250. The Bertz CT molecular complexity index is 219. The van der Waals surface area contributed by atoms with E-state index in [9.17, 15) is 4.79 Å². The molecule has 13 heavy (non-hydrogen) atoms. The third-order valence-electron chi connectivity index (χ3n) is 3.46. The highest BCUT2D eigenvalue weighted by Crippen LogP contribution is 2.51. The third kappa shape index (κ3) is 1.61. The van der Waals surface area contributed by atoms with Crippen LogP contribution in [-0.2, 0) is 4.79 Å². The van der Waals surface area contributed by atoms with Gasteiger partial charge in [0, 0.05) is 12.3 Å². The molecule has 1 unspecified atom stereocenters. The zero-order chi connectivity index (χ0) is 9.47. The fraction of sp³-hybridized carbons (Fsp3) is 0.900. The van der Waals surface area contributed by atoms with Gasteiger partial charge in [-0.1, -0.05) is 55.3 Å². The summed E-state index contributed by atoms with van der Waals surface area (Å²) in [6, 6.07) is 0. The fourth-order valence-electron chi connectivity index (χ4n) is 2.54. The van der Waals surface area contributed by atoms with Gasteiger partial charge < -0.3 is 0 Å². The van der Waals surface area contributed by atoms with Crippen molar-refractivity contribution in [3.8, 4) is 0 Å². The number of halogens is 2. The molecule has 0 saturated heterocycles. The molecule has 74 valence electrons. The molecule has 1 atom stereocenters. The van der Waals surface area contributed by atoms with Crippen molar-refractivity contribution >= 4 is 29.0 Å². The average molecular weight is 221 g/mol. The SMILES string of the molecule is O=C1CC(C2CCCCC2)C1(Cl)Cl. The molecule has 2 fully saturated rings. The van der Waals surface area contributed by atoms with Crippen LogP contribution in [0.2, 0.25) is 0 Å². The maximum atomic E-state index is 11.1. The Labute approximate surface area is 88.8 Å². The van der Waals surface area contributed by atoms with Crippen molar-refractivity contribution in [2.45, 2.75) is 42.9 Å². The molecule has 0 aromatic carbocycles. The van der Waals surface area contributed by atoms with E-state index in [0.29, 0.717) is 12.3 Å². The Morgan fingerprint density at radius 2 is 1.77 bits per heavy atom. The second kappa shape index (κ2) is 3.43. The highest BCUT2D eigenvalue weighted by Gasteiger charge is 2.55. The van der Waals surface area contributed by atoms with Crippen molar-refractivity contribution in [1.82, 2.24) is 0 Å². The zero-order valence-electron chi connectivity index (χ0n) is 7.56. The van der Waals surface area contributed by atoms with Crippen molar-refractivity contribution in [3.05, 3.63) is 0 Å². The summed E-state index contributed by atoms with van der Waals surface area (Å²) in [6.07, 6.45) is 6.91. The van der Waals surface area contributed by atoms with E-state index in [-0.39, 0.29) is 11.7 Å². The molecule has 0 aromatic rings. The van der Waals surface area contributed by atoms with Gasteiger partial charge in [0.15, 0.2) is 10.1 Å². The summed E-state index contributed by atoms with van der Waals surface area (Å²) in [7, 11) is 0. The molecule has 2 aliphatic carbocycles. The quantitative estimate of drug-likeness (QED) is 0.620. The molecular weight excluding hydrogens is 207 g/mol. The van der Waals surface area contributed by atoms with Gasteiger partial charge in [0.2, 0.25) is 0 Å². The molecule has 2 aliphatic rings. The van der Waals surface area contributed by atoms with Crippen LogP contribution in [0.25, 0.3) is 0 Å². The number of hydrogen-bond donors (Lipinski definition) is 0. The molecule has 2 rings (SSSR count). The molecule has 0 N–H and O–H groups in total. The molecule has 0 bridgehead atoms. The molecule has 1 nitrogen and oxygen atoms in total. The smallest absolute Gasteiger partial charge is 0.179 e. The average Bonchev–Trinajstić information content (AvgIpc) is 2.15. The molecule has 0 heterocycles. The maximum Gasteiger partial charge on any atom is 0.179 e. The first-order valence-electron chi connectivity index (χ1n) is 5.03. The van der Waals surface area contributed by atoms with Gasteiger partial charge in [0.25, 0.3) is 0 Å². The number of alkyl halides is 2. The minimum atomic E-state index is -1.04. The molecule has 0 radical (unpaired) electrons. The predicted molar refractivity (Wildman–Crippen MR) is 54.1 cm³/mol. The van der Waals surface area contributed by atoms with Crippen molar-refractivity contribution in [2.24, 2.45) is 11.8 Å². The van der Waals surface area contributed by atoms with Gasteiger partial charge in [-0.3, -0.25) is 4.79 Å². The first-order chi connectivity index (χ1) is 6.12. The van der Waals surface area contributed by atoms with Crippen molar-refractivity contribution in [2.75, 3.05) is 0 Å². The van der Waals surface area contributed by atoms with Crippen molar-refractivity contribution < 1.29 is 4.79 Å². The number of hydrogen-bond acceptors (Lipinski definition) is 1. The van der Waals surface area contributed by atoms with Gasteiger partial charge in [-0.25, -0.2) is 0 Å². The minimum absolute atomic E-state index is 0.0198. The summed E-state index contributed by atoms with van der Waals surface area (Å²) in [5.74, 6) is 0.858. The second-order valence-corrected chi connectivity index (χ2v) is 5.64. The maximum absolute atomic E-state index is 11.1. The standard InChI is InChI=1S/C10H14Cl2O/c11-10(12)8(6-9(10)13)7-4-2-1-3-5-7/h7-8H,1-6H2. The van der Waals surface area contributed by atoms with Gasteiger partial charge in [-0.15, -0.1) is 0 Å². The normalized spacial score (nSPS) is 34.3. The Morgan fingerprint density at radius 1 is 1.15 bits per heavy atom. The van der Waals surface area contributed by atoms with Gasteiger partial charge in [-0.05, 0) is 5.92 Å². The van der Waals surface area contributed by atoms with E-state index >= 15 is 0 Å². The van der Waals surface area contributed by atoms with Crippen LogP contribution in [-0.4, -0.2) is 10.1 Å². The van der Waals surface area contributed by atoms with Crippen LogP contribution >= 0.6 is 23.2 Å². The molecule has 0 spiro atoms. The lowest BCUT2D eigenvalue weighted by Gasteiger charge is -2.44. The first kappa shape index (κ1) is 9.79. The Morgan fingerprint density at radius 3 is 2.23 bits per heavy atom. The lowest BCUT2D eigenvalue weighted by Crippen LogP contribution is -2.51. The first-order valence-corrected chi connectivity index (χ1v) is 5.79. The van der Waals surface area contributed by atoms with Crippen LogP contribution < -0.4 is 0 Å². The van der Waals surface area contributed by atoms with E-state index in [4.69, 9.17) is 23.2 Å². The fourth-order valence-corrected chi connectivity index (χ4v) is 3.20. The van der Waals surface area contributed by atoms with Crippen LogP contribution in [0.4, 0.5) is 0 Å². The summed E-state index contributed by atoms with van der Waals surface area (Å²) in [4.78, 5) is 11.1. The van der Waals surface area contributed by atoms with Crippen molar-refractivity contribution in [1.29, 1.82) is 0 Å². The minimum Gasteiger partial charge on any atom is -0.296 e. The van der Waals surface area contributed by atoms with Gasteiger partial charge >= 0.3 is 0 Å². The summed E-state index contributed by atoms with van der Waals surface area (Å²) in [5.41, 5.74) is 0. The molecule has 0 amide bonds. The topological polar surface area (TPSA) is 17.1 Å². The molecule has 0 aromatic heterocycles. The molecule has 0 aliphatic heterocycles. The van der Waals surface area contributed by atoms with Crippen LogP contribution in [0, 0.1) is 11.8 Å². The van der Waals surface area contributed by atoms with Gasteiger partial charge in [-0.2, -0.15) is 0 Å².